The third-order valence-electron chi connectivity index (χ3n) is 5.71. The Kier molecular flexibility index (Phi) is 7.54. The maximum absolute atomic E-state index is 13.2. The van der Waals surface area contributed by atoms with Gasteiger partial charge in [-0.25, -0.2) is 4.39 Å². The largest absolute Gasteiger partial charge is 0.371 e. The maximum Gasteiger partial charge on any atom is 0.253 e. The number of carbonyl (C=O) groups is 2. The number of piperidine rings is 1. The average Bonchev–Trinajstić information content (AvgIpc) is 2.72. The van der Waals surface area contributed by atoms with Gasteiger partial charge in [0.15, 0.2) is 0 Å². The second kappa shape index (κ2) is 10.2. The van der Waals surface area contributed by atoms with Gasteiger partial charge in [-0.3, -0.25) is 9.59 Å². The topological polar surface area (TPSA) is 61.4 Å². The molecule has 2 N–H and O–H groups in total. The molecule has 0 aromatic heterocycles. The van der Waals surface area contributed by atoms with Crippen molar-refractivity contribution in [2.24, 2.45) is 11.3 Å². The third-order valence-corrected chi connectivity index (χ3v) is 5.71. The van der Waals surface area contributed by atoms with Gasteiger partial charge in [-0.2, -0.15) is 0 Å². The molecule has 1 aliphatic heterocycles. The SMILES string of the molecule is CC1CCN(c2ccc(NC(=O)CC(C)(C)C)cc2C(=O)NCc2ccc(F)cc2)CC1. The van der Waals surface area contributed by atoms with Crippen molar-refractivity contribution >= 4 is 23.2 Å². The molecule has 0 unspecified atom stereocenters. The summed E-state index contributed by atoms with van der Waals surface area (Å²) in [7, 11) is 0. The van der Waals surface area contributed by atoms with Crippen LogP contribution in [0.1, 0.15) is 62.9 Å². The first kappa shape index (κ1) is 23.8. The molecule has 0 radical (unpaired) electrons. The summed E-state index contributed by atoms with van der Waals surface area (Å²) in [4.78, 5) is 27.8. The molecule has 2 aromatic rings. The molecular weight excluding hydrogens is 405 g/mol. The summed E-state index contributed by atoms with van der Waals surface area (Å²) in [6.45, 7) is 10.4. The van der Waals surface area contributed by atoms with E-state index >= 15 is 0 Å². The molecule has 172 valence electrons. The minimum absolute atomic E-state index is 0.0743. The second-order valence-corrected chi connectivity index (χ2v) is 10.00. The van der Waals surface area contributed by atoms with Gasteiger partial charge in [-0.05, 0) is 60.1 Å². The predicted molar refractivity (Wildman–Crippen MR) is 127 cm³/mol. The summed E-state index contributed by atoms with van der Waals surface area (Å²) < 4.78 is 13.2. The van der Waals surface area contributed by atoms with E-state index in [1.54, 1.807) is 18.2 Å². The van der Waals surface area contributed by atoms with Crippen molar-refractivity contribution < 1.29 is 14.0 Å². The van der Waals surface area contributed by atoms with Crippen LogP contribution in [0.3, 0.4) is 0 Å². The Bertz CT molecular complexity index is 943. The van der Waals surface area contributed by atoms with Crippen LogP contribution in [0.25, 0.3) is 0 Å². The Hall–Kier alpha value is -2.89. The van der Waals surface area contributed by atoms with Crippen molar-refractivity contribution in [3.63, 3.8) is 0 Å². The molecule has 1 aliphatic rings. The fourth-order valence-electron chi connectivity index (χ4n) is 3.89. The van der Waals surface area contributed by atoms with Crippen LogP contribution in [0.5, 0.6) is 0 Å². The Morgan fingerprint density at radius 1 is 1.06 bits per heavy atom. The van der Waals surface area contributed by atoms with Crippen LogP contribution >= 0.6 is 0 Å². The highest BCUT2D eigenvalue weighted by Gasteiger charge is 2.22. The number of nitrogens with zero attached hydrogens (tertiary/aromatic N) is 1. The number of hydrogen-bond acceptors (Lipinski definition) is 3. The third kappa shape index (κ3) is 6.81. The summed E-state index contributed by atoms with van der Waals surface area (Å²) in [5, 5.41) is 5.87. The first-order chi connectivity index (χ1) is 15.1. The van der Waals surface area contributed by atoms with E-state index in [4.69, 9.17) is 0 Å². The van der Waals surface area contributed by atoms with Crippen molar-refractivity contribution in [2.75, 3.05) is 23.3 Å². The molecule has 2 aromatic carbocycles. The molecule has 0 atom stereocenters. The van der Waals surface area contributed by atoms with E-state index in [0.717, 1.165) is 37.2 Å². The molecule has 6 heteroatoms. The van der Waals surface area contributed by atoms with Gasteiger partial charge in [0.2, 0.25) is 5.91 Å². The second-order valence-electron chi connectivity index (χ2n) is 10.00. The van der Waals surface area contributed by atoms with Gasteiger partial charge in [0.1, 0.15) is 5.82 Å². The lowest BCUT2D eigenvalue weighted by molar-refractivity contribution is -0.117. The van der Waals surface area contributed by atoms with E-state index in [0.29, 0.717) is 30.1 Å². The lowest BCUT2D eigenvalue weighted by atomic mass is 9.92. The zero-order valence-corrected chi connectivity index (χ0v) is 19.5. The molecule has 1 saturated heterocycles. The van der Waals surface area contributed by atoms with Crippen LogP contribution in [0.2, 0.25) is 0 Å². The number of nitrogens with one attached hydrogen (secondary N) is 2. The van der Waals surface area contributed by atoms with Crippen molar-refractivity contribution in [1.82, 2.24) is 5.32 Å². The van der Waals surface area contributed by atoms with Gasteiger partial charge in [0.25, 0.3) is 5.91 Å². The van der Waals surface area contributed by atoms with Gasteiger partial charge in [0.05, 0.1) is 5.56 Å². The lowest BCUT2D eigenvalue weighted by Gasteiger charge is -2.33. The summed E-state index contributed by atoms with van der Waals surface area (Å²) in [5.74, 6) is 0.0861. The molecular formula is C26H34FN3O2. The minimum atomic E-state index is -0.305. The highest BCUT2D eigenvalue weighted by molar-refractivity contribution is 6.02. The molecule has 0 saturated carbocycles. The highest BCUT2D eigenvalue weighted by Crippen LogP contribution is 2.29. The van der Waals surface area contributed by atoms with Crippen LogP contribution in [0.4, 0.5) is 15.8 Å². The number of rotatable bonds is 6. The van der Waals surface area contributed by atoms with Gasteiger partial charge in [-0.15, -0.1) is 0 Å². The molecule has 5 nitrogen and oxygen atoms in total. The lowest BCUT2D eigenvalue weighted by Crippen LogP contribution is -2.35. The number of halogens is 1. The van der Waals surface area contributed by atoms with E-state index in [9.17, 15) is 14.0 Å². The quantitative estimate of drug-likeness (QED) is 0.636. The Morgan fingerprint density at radius 3 is 2.34 bits per heavy atom. The van der Waals surface area contributed by atoms with Crippen molar-refractivity contribution in [3.8, 4) is 0 Å². The molecule has 3 rings (SSSR count). The Morgan fingerprint density at radius 2 is 1.72 bits per heavy atom. The van der Waals surface area contributed by atoms with Crippen molar-refractivity contribution in [3.05, 3.63) is 59.4 Å². The standard InChI is InChI=1S/C26H34FN3O2/c1-18-11-13-30(14-12-18)23-10-9-21(29-24(31)16-26(2,3)4)15-22(23)25(32)28-17-19-5-7-20(27)8-6-19/h5-10,15,18H,11-14,16-17H2,1-4H3,(H,28,32)(H,29,31). The highest BCUT2D eigenvalue weighted by atomic mass is 19.1. The summed E-state index contributed by atoms with van der Waals surface area (Å²) >= 11 is 0. The first-order valence-corrected chi connectivity index (χ1v) is 11.3. The zero-order valence-electron chi connectivity index (χ0n) is 19.5. The van der Waals surface area contributed by atoms with Crippen LogP contribution in [0, 0.1) is 17.2 Å². The van der Waals surface area contributed by atoms with Crippen molar-refractivity contribution in [1.29, 1.82) is 0 Å². The molecule has 0 spiro atoms. The average molecular weight is 440 g/mol. The maximum atomic E-state index is 13.2. The molecule has 2 amide bonds. The van der Waals surface area contributed by atoms with Crippen LogP contribution in [-0.4, -0.2) is 24.9 Å². The number of benzene rings is 2. The predicted octanol–water partition coefficient (Wildman–Crippen LogP) is 5.37. The normalized spacial score (nSPS) is 14.8. The van der Waals surface area contributed by atoms with Gasteiger partial charge >= 0.3 is 0 Å². The van der Waals surface area contributed by atoms with Crippen LogP contribution in [-0.2, 0) is 11.3 Å². The fourth-order valence-corrected chi connectivity index (χ4v) is 3.89. The van der Waals surface area contributed by atoms with Crippen molar-refractivity contribution in [2.45, 2.75) is 53.5 Å². The number of anilines is 2. The van der Waals surface area contributed by atoms with E-state index < -0.39 is 0 Å². The summed E-state index contributed by atoms with van der Waals surface area (Å²) in [6, 6.07) is 11.6. The van der Waals surface area contributed by atoms with Gasteiger partial charge < -0.3 is 15.5 Å². The molecule has 1 heterocycles. The molecule has 0 aliphatic carbocycles. The molecule has 0 bridgehead atoms. The van der Waals surface area contributed by atoms with Gasteiger partial charge in [0, 0.05) is 37.4 Å². The van der Waals surface area contributed by atoms with Crippen LogP contribution in [0.15, 0.2) is 42.5 Å². The monoisotopic (exact) mass is 439 g/mol. The fraction of sp³-hybridized carbons (Fsp3) is 0.462. The summed E-state index contributed by atoms with van der Waals surface area (Å²) in [5.41, 5.74) is 2.73. The number of hydrogen-bond donors (Lipinski definition) is 2. The van der Waals surface area contributed by atoms with Crippen LogP contribution < -0.4 is 15.5 Å². The Labute approximate surface area is 190 Å². The summed E-state index contributed by atoms with van der Waals surface area (Å²) in [6.07, 6.45) is 2.56. The Balaban J connectivity index is 1.80. The van der Waals surface area contributed by atoms with E-state index in [2.05, 4.69) is 22.5 Å². The van der Waals surface area contributed by atoms with Gasteiger partial charge in [-0.1, -0.05) is 39.8 Å². The molecule has 32 heavy (non-hydrogen) atoms. The first-order valence-electron chi connectivity index (χ1n) is 11.3. The zero-order chi connectivity index (χ0) is 23.3. The number of carbonyl (C=O) groups excluding carboxylic acids is 2. The minimum Gasteiger partial charge on any atom is -0.371 e. The number of amides is 2. The molecule has 1 fully saturated rings. The van der Waals surface area contributed by atoms with E-state index in [1.807, 2.05) is 32.9 Å². The van der Waals surface area contributed by atoms with E-state index in [1.165, 1.54) is 12.1 Å². The smallest absolute Gasteiger partial charge is 0.253 e. The van der Waals surface area contributed by atoms with E-state index in [-0.39, 0.29) is 23.0 Å².